The van der Waals surface area contributed by atoms with Crippen molar-refractivity contribution in [3.05, 3.63) is 53.3 Å². The lowest BCUT2D eigenvalue weighted by atomic mass is 10.2. The number of nitrogens with zero attached hydrogens (tertiary/aromatic N) is 2. The molecule has 0 atom stereocenters. The average molecular weight is 324 g/mol. The van der Waals surface area contributed by atoms with Gasteiger partial charge in [0.2, 0.25) is 0 Å². The maximum Gasteiger partial charge on any atom is 0.315 e. The van der Waals surface area contributed by atoms with Crippen LogP contribution in [0.5, 0.6) is 0 Å². The number of hydrogen-bond acceptors (Lipinski definition) is 2. The lowest BCUT2D eigenvalue weighted by Crippen LogP contribution is -2.37. The number of benzene rings is 1. The fourth-order valence-electron chi connectivity index (χ4n) is 3.03. The molecule has 126 valence electrons. The Bertz CT molecular complexity index is 701. The Morgan fingerprint density at radius 3 is 2.54 bits per heavy atom. The molecule has 1 aromatic heterocycles. The van der Waals surface area contributed by atoms with Gasteiger partial charge in [-0.1, -0.05) is 30.3 Å². The molecule has 1 aromatic carbocycles. The van der Waals surface area contributed by atoms with Crippen LogP contribution < -0.4 is 10.6 Å². The third-order valence-electron chi connectivity index (χ3n) is 4.73. The zero-order valence-electron chi connectivity index (χ0n) is 13.9. The molecule has 2 aromatic rings. The van der Waals surface area contributed by atoms with Crippen LogP contribution in [0.15, 0.2) is 36.4 Å². The quantitative estimate of drug-likeness (QED) is 0.822. The van der Waals surface area contributed by atoms with Crippen LogP contribution in [0.2, 0.25) is 0 Å². The van der Waals surface area contributed by atoms with E-state index >= 15 is 0 Å². The molecule has 5 heteroatoms. The highest BCUT2D eigenvalue weighted by Gasteiger charge is 2.32. The van der Waals surface area contributed by atoms with Crippen LogP contribution in [0.4, 0.5) is 4.79 Å². The highest BCUT2D eigenvalue weighted by Crippen LogP contribution is 2.44. The molecular formula is C19H24N4O. The Kier molecular flexibility index (Phi) is 4.24. The predicted octanol–water partition coefficient (Wildman–Crippen LogP) is 3.14. The molecule has 0 bridgehead atoms. The molecule has 4 rings (SSSR count). The number of carbonyl (C=O) groups excluding carboxylic acids is 1. The largest absolute Gasteiger partial charge is 0.336 e. The van der Waals surface area contributed by atoms with Crippen LogP contribution in [-0.2, 0) is 13.1 Å². The maximum absolute atomic E-state index is 11.9. The van der Waals surface area contributed by atoms with Gasteiger partial charge in [-0.15, -0.1) is 0 Å². The average Bonchev–Trinajstić information content (AvgIpc) is 3.52. The highest BCUT2D eigenvalue weighted by atomic mass is 16.2. The Labute approximate surface area is 142 Å². The number of urea groups is 1. The Morgan fingerprint density at radius 1 is 1.08 bits per heavy atom. The van der Waals surface area contributed by atoms with E-state index in [1.807, 2.05) is 30.3 Å². The number of aromatic nitrogens is 2. The molecule has 2 saturated carbocycles. The van der Waals surface area contributed by atoms with Crippen molar-refractivity contribution >= 4 is 6.03 Å². The van der Waals surface area contributed by atoms with Gasteiger partial charge in [-0.05, 0) is 37.3 Å². The SMILES string of the molecule is O=C(NCCn1nc(C2CC2)cc1C1CC1)NCc1ccccc1. The zero-order chi connectivity index (χ0) is 16.4. The first-order valence-electron chi connectivity index (χ1n) is 8.93. The van der Waals surface area contributed by atoms with Crippen LogP contribution in [0.25, 0.3) is 0 Å². The van der Waals surface area contributed by atoms with Crippen molar-refractivity contribution in [3.63, 3.8) is 0 Å². The van der Waals surface area contributed by atoms with Crippen LogP contribution in [0.3, 0.4) is 0 Å². The van der Waals surface area contributed by atoms with Crippen molar-refractivity contribution in [2.45, 2.75) is 50.6 Å². The molecule has 2 N–H and O–H groups in total. The Balaban J connectivity index is 1.25. The fraction of sp³-hybridized carbons (Fsp3) is 0.474. The van der Waals surface area contributed by atoms with E-state index in [0.717, 1.165) is 12.1 Å². The summed E-state index contributed by atoms with van der Waals surface area (Å²) in [7, 11) is 0. The van der Waals surface area contributed by atoms with Gasteiger partial charge in [0.25, 0.3) is 0 Å². The van der Waals surface area contributed by atoms with E-state index in [2.05, 4.69) is 21.4 Å². The molecule has 0 spiro atoms. The van der Waals surface area contributed by atoms with Gasteiger partial charge in [0.05, 0.1) is 12.2 Å². The summed E-state index contributed by atoms with van der Waals surface area (Å²) in [4.78, 5) is 11.9. The minimum absolute atomic E-state index is 0.124. The minimum atomic E-state index is -0.124. The van der Waals surface area contributed by atoms with Crippen molar-refractivity contribution in [1.29, 1.82) is 0 Å². The summed E-state index contributed by atoms with van der Waals surface area (Å²) in [5.74, 6) is 1.38. The second kappa shape index (κ2) is 6.67. The Morgan fingerprint density at radius 2 is 1.83 bits per heavy atom. The molecule has 0 unspecified atom stereocenters. The number of hydrogen-bond donors (Lipinski definition) is 2. The number of rotatable bonds is 7. The normalized spacial score (nSPS) is 16.8. The monoisotopic (exact) mass is 324 g/mol. The third-order valence-corrected chi connectivity index (χ3v) is 4.73. The molecule has 5 nitrogen and oxygen atoms in total. The summed E-state index contributed by atoms with van der Waals surface area (Å²) in [6.45, 7) is 1.90. The molecule has 2 aliphatic carbocycles. The molecule has 2 aliphatic rings. The first kappa shape index (κ1) is 15.2. The van der Waals surface area contributed by atoms with Gasteiger partial charge >= 0.3 is 6.03 Å². The summed E-state index contributed by atoms with van der Waals surface area (Å²) < 4.78 is 2.11. The summed E-state index contributed by atoms with van der Waals surface area (Å²) in [5.41, 5.74) is 3.72. The molecule has 24 heavy (non-hydrogen) atoms. The van der Waals surface area contributed by atoms with E-state index in [1.54, 1.807) is 0 Å². The molecule has 0 saturated heterocycles. The smallest absolute Gasteiger partial charge is 0.315 e. The van der Waals surface area contributed by atoms with Crippen molar-refractivity contribution in [2.24, 2.45) is 0 Å². The topological polar surface area (TPSA) is 59.0 Å². The standard InChI is InChI=1S/C19H24N4O/c24-19(21-13-14-4-2-1-3-5-14)20-10-11-23-18(16-8-9-16)12-17(22-23)15-6-7-15/h1-5,12,15-16H,6-11,13H2,(H2,20,21,24). The first-order valence-corrected chi connectivity index (χ1v) is 8.93. The molecule has 0 aliphatic heterocycles. The van der Waals surface area contributed by atoms with E-state index in [1.165, 1.54) is 37.1 Å². The fourth-order valence-corrected chi connectivity index (χ4v) is 3.03. The van der Waals surface area contributed by atoms with Crippen molar-refractivity contribution < 1.29 is 4.79 Å². The van der Waals surface area contributed by atoms with E-state index < -0.39 is 0 Å². The van der Waals surface area contributed by atoms with Crippen molar-refractivity contribution in [1.82, 2.24) is 20.4 Å². The van der Waals surface area contributed by atoms with Crippen molar-refractivity contribution in [2.75, 3.05) is 6.54 Å². The van der Waals surface area contributed by atoms with Crippen LogP contribution >= 0.6 is 0 Å². The second-order valence-electron chi connectivity index (χ2n) is 6.86. The summed E-state index contributed by atoms with van der Waals surface area (Å²) in [5, 5.41) is 10.6. The molecule has 0 radical (unpaired) electrons. The van der Waals surface area contributed by atoms with E-state index in [0.29, 0.717) is 24.9 Å². The summed E-state index contributed by atoms with van der Waals surface area (Å²) >= 11 is 0. The third kappa shape index (κ3) is 3.78. The van der Waals surface area contributed by atoms with Gasteiger partial charge in [0, 0.05) is 30.6 Å². The number of nitrogens with one attached hydrogen (secondary N) is 2. The van der Waals surface area contributed by atoms with Crippen LogP contribution in [-0.4, -0.2) is 22.4 Å². The van der Waals surface area contributed by atoms with Gasteiger partial charge in [-0.3, -0.25) is 4.68 Å². The lowest BCUT2D eigenvalue weighted by molar-refractivity contribution is 0.240. The van der Waals surface area contributed by atoms with Crippen LogP contribution in [0.1, 0.15) is 54.5 Å². The summed E-state index contributed by atoms with van der Waals surface area (Å²) in [6, 6.07) is 12.1. The number of carbonyl (C=O) groups is 1. The van der Waals surface area contributed by atoms with Gasteiger partial charge in [0.1, 0.15) is 0 Å². The Hall–Kier alpha value is -2.30. The second-order valence-corrected chi connectivity index (χ2v) is 6.86. The molecular weight excluding hydrogens is 300 g/mol. The van der Waals surface area contributed by atoms with Gasteiger partial charge < -0.3 is 10.6 Å². The maximum atomic E-state index is 11.9. The van der Waals surface area contributed by atoms with E-state index in [9.17, 15) is 4.79 Å². The highest BCUT2D eigenvalue weighted by molar-refractivity contribution is 5.73. The molecule has 2 amide bonds. The lowest BCUT2D eigenvalue weighted by Gasteiger charge is -2.09. The van der Waals surface area contributed by atoms with E-state index in [-0.39, 0.29) is 6.03 Å². The van der Waals surface area contributed by atoms with Crippen molar-refractivity contribution in [3.8, 4) is 0 Å². The van der Waals surface area contributed by atoms with Gasteiger partial charge in [-0.25, -0.2) is 4.79 Å². The van der Waals surface area contributed by atoms with Gasteiger partial charge in [-0.2, -0.15) is 5.10 Å². The van der Waals surface area contributed by atoms with Gasteiger partial charge in [0.15, 0.2) is 0 Å². The molecule has 2 fully saturated rings. The number of amides is 2. The van der Waals surface area contributed by atoms with Crippen LogP contribution in [0, 0.1) is 0 Å². The van der Waals surface area contributed by atoms with E-state index in [4.69, 9.17) is 5.10 Å². The summed E-state index contributed by atoms with van der Waals surface area (Å²) in [6.07, 6.45) is 5.12. The predicted molar refractivity (Wildman–Crippen MR) is 92.9 cm³/mol. The molecule has 1 heterocycles. The zero-order valence-corrected chi connectivity index (χ0v) is 13.9. The minimum Gasteiger partial charge on any atom is -0.336 e. The first-order chi connectivity index (χ1) is 11.8.